The molecule has 0 fully saturated rings. The van der Waals surface area contributed by atoms with Crippen LogP contribution in [0.15, 0.2) is 89.8 Å². The Bertz CT molecular complexity index is 1340. The predicted octanol–water partition coefficient (Wildman–Crippen LogP) is 4.67. The summed E-state index contributed by atoms with van der Waals surface area (Å²) in [5, 5.41) is 14.2. The van der Waals surface area contributed by atoms with E-state index in [-0.39, 0.29) is 4.90 Å². The van der Waals surface area contributed by atoms with Crippen LogP contribution in [-0.4, -0.2) is 18.3 Å². The van der Waals surface area contributed by atoms with E-state index in [2.05, 4.69) is 16.0 Å². The molecule has 1 N–H and O–H groups in total. The highest BCUT2D eigenvalue weighted by molar-refractivity contribution is 7.92. The van der Waals surface area contributed by atoms with Crippen LogP contribution in [0.1, 0.15) is 5.56 Å². The lowest BCUT2D eigenvalue weighted by molar-refractivity contribution is 0.592. The molecule has 0 unspecified atom stereocenters. The topological polar surface area (TPSA) is 87.8 Å². The predicted molar refractivity (Wildman–Crippen MR) is 116 cm³/mol. The second kappa shape index (κ2) is 8.03. The molecule has 0 aliphatic carbocycles. The zero-order chi connectivity index (χ0) is 21.1. The Morgan fingerprint density at radius 1 is 0.900 bits per heavy atom. The van der Waals surface area contributed by atoms with Gasteiger partial charge < -0.3 is 0 Å². The van der Waals surface area contributed by atoms with Crippen molar-refractivity contribution < 1.29 is 8.42 Å². The van der Waals surface area contributed by atoms with Gasteiger partial charge in [0.15, 0.2) is 0 Å². The molecule has 0 saturated carbocycles. The lowest BCUT2D eigenvalue weighted by Gasteiger charge is -2.11. The van der Waals surface area contributed by atoms with Crippen LogP contribution < -0.4 is 4.83 Å². The molecule has 148 valence electrons. The van der Waals surface area contributed by atoms with Gasteiger partial charge in [-0.1, -0.05) is 54.1 Å². The second-order valence-corrected chi connectivity index (χ2v) is 8.53. The summed E-state index contributed by atoms with van der Waals surface area (Å²) in [6.45, 7) is 0. The van der Waals surface area contributed by atoms with Crippen molar-refractivity contribution in [3.8, 4) is 28.6 Å². The normalized spacial score (nSPS) is 11.1. The van der Waals surface area contributed by atoms with Gasteiger partial charge >= 0.3 is 0 Å². The smallest absolute Gasteiger partial charge is 0.200 e. The lowest BCUT2D eigenvalue weighted by Crippen LogP contribution is -2.25. The number of hydrogen-bond acceptors (Lipinski definition) is 4. The first-order valence-corrected chi connectivity index (χ1v) is 10.8. The first-order chi connectivity index (χ1) is 14.5. The Kier molecular flexibility index (Phi) is 5.27. The molecule has 0 radical (unpaired) electrons. The van der Waals surface area contributed by atoms with Crippen molar-refractivity contribution in [2.45, 2.75) is 4.90 Å². The maximum absolute atomic E-state index is 12.8. The number of nitriles is 1. The summed E-state index contributed by atoms with van der Waals surface area (Å²) in [5.74, 6) is 0. The molecule has 30 heavy (non-hydrogen) atoms. The molecule has 8 heteroatoms. The number of halogens is 1. The third-order valence-electron chi connectivity index (χ3n) is 4.40. The fourth-order valence-electron chi connectivity index (χ4n) is 2.93. The average Bonchev–Trinajstić information content (AvgIpc) is 3.18. The number of sulfonamides is 1. The highest BCUT2D eigenvalue weighted by atomic mass is 35.5. The monoisotopic (exact) mass is 434 g/mol. The van der Waals surface area contributed by atoms with Gasteiger partial charge in [0.1, 0.15) is 0 Å². The summed E-state index contributed by atoms with van der Waals surface area (Å²) in [6.07, 6.45) is 0. The maximum atomic E-state index is 12.8. The van der Waals surface area contributed by atoms with Gasteiger partial charge in [0.05, 0.1) is 27.9 Å². The highest BCUT2D eigenvalue weighted by Gasteiger charge is 2.19. The van der Waals surface area contributed by atoms with Crippen LogP contribution in [0.3, 0.4) is 0 Å². The van der Waals surface area contributed by atoms with Crippen LogP contribution in [0.2, 0.25) is 5.02 Å². The molecular weight excluding hydrogens is 420 g/mol. The standard InChI is InChI=1S/C22H15ClN4O2S/c23-19-11-9-17(10-12-19)22-14-21(18-6-4-5-16(13-18)15-24)25-27(22)26-30(28,29)20-7-2-1-3-8-20/h1-14,26H. The minimum atomic E-state index is -3.86. The summed E-state index contributed by atoms with van der Waals surface area (Å²) in [4.78, 5) is 3.86. The van der Waals surface area contributed by atoms with E-state index in [0.717, 1.165) is 5.56 Å². The summed E-state index contributed by atoms with van der Waals surface area (Å²) < 4.78 is 25.7. The summed E-state index contributed by atoms with van der Waals surface area (Å²) in [7, 11) is -3.86. The molecule has 0 amide bonds. The molecule has 0 aliphatic heterocycles. The highest BCUT2D eigenvalue weighted by Crippen LogP contribution is 2.27. The third kappa shape index (κ3) is 4.06. The minimum absolute atomic E-state index is 0.121. The van der Waals surface area contributed by atoms with Crippen molar-refractivity contribution in [3.63, 3.8) is 0 Å². The van der Waals surface area contributed by atoms with E-state index in [1.807, 2.05) is 6.07 Å². The number of hydrogen-bond donors (Lipinski definition) is 1. The minimum Gasteiger partial charge on any atom is -0.200 e. The Morgan fingerprint density at radius 3 is 2.33 bits per heavy atom. The van der Waals surface area contributed by atoms with Crippen molar-refractivity contribution in [1.82, 2.24) is 9.89 Å². The zero-order valence-electron chi connectivity index (χ0n) is 15.5. The number of rotatable bonds is 5. The van der Waals surface area contributed by atoms with Gasteiger partial charge in [-0.3, -0.25) is 0 Å². The quantitative estimate of drug-likeness (QED) is 0.494. The molecule has 0 bridgehead atoms. The fourth-order valence-corrected chi connectivity index (χ4v) is 4.05. The summed E-state index contributed by atoms with van der Waals surface area (Å²) in [6, 6.07) is 25.9. The Labute approximate surface area is 179 Å². The van der Waals surface area contributed by atoms with Gasteiger partial charge in [-0.05, 0) is 42.5 Å². The van der Waals surface area contributed by atoms with Crippen molar-refractivity contribution >= 4 is 21.6 Å². The van der Waals surface area contributed by atoms with Crippen LogP contribution in [0.4, 0.5) is 0 Å². The van der Waals surface area contributed by atoms with Gasteiger partial charge in [0.2, 0.25) is 0 Å². The molecule has 0 atom stereocenters. The van der Waals surface area contributed by atoms with E-state index in [9.17, 15) is 13.7 Å². The first-order valence-electron chi connectivity index (χ1n) is 8.91. The van der Waals surface area contributed by atoms with E-state index >= 15 is 0 Å². The Morgan fingerprint density at radius 2 is 1.63 bits per heavy atom. The van der Waals surface area contributed by atoms with Crippen molar-refractivity contribution in [3.05, 3.63) is 95.5 Å². The van der Waals surface area contributed by atoms with Crippen LogP contribution in [0.25, 0.3) is 22.5 Å². The molecular formula is C22H15ClN4O2S. The largest absolute Gasteiger partial charge is 0.276 e. The average molecular weight is 435 g/mol. The third-order valence-corrected chi connectivity index (χ3v) is 5.95. The molecule has 1 aromatic heterocycles. The molecule has 0 aliphatic rings. The lowest BCUT2D eigenvalue weighted by atomic mass is 10.1. The van der Waals surface area contributed by atoms with E-state index < -0.39 is 10.0 Å². The van der Waals surface area contributed by atoms with E-state index in [1.54, 1.807) is 66.7 Å². The van der Waals surface area contributed by atoms with Gasteiger partial charge in [-0.15, -0.1) is 0 Å². The molecule has 0 saturated heterocycles. The second-order valence-electron chi connectivity index (χ2n) is 6.43. The molecule has 0 spiro atoms. The van der Waals surface area contributed by atoms with Gasteiger partial charge in [-0.25, -0.2) is 0 Å². The Hall–Kier alpha value is -3.60. The van der Waals surface area contributed by atoms with Crippen LogP contribution in [0.5, 0.6) is 0 Å². The number of aromatic nitrogens is 2. The Balaban J connectivity index is 1.82. The van der Waals surface area contributed by atoms with Gasteiger partial charge in [-0.2, -0.15) is 28.4 Å². The molecule has 6 nitrogen and oxygen atoms in total. The van der Waals surface area contributed by atoms with Gasteiger partial charge in [0, 0.05) is 16.1 Å². The number of nitrogens with one attached hydrogen (secondary N) is 1. The molecule has 1 heterocycles. The van der Waals surface area contributed by atoms with Crippen LogP contribution in [-0.2, 0) is 10.0 Å². The van der Waals surface area contributed by atoms with Crippen molar-refractivity contribution in [2.75, 3.05) is 4.83 Å². The summed E-state index contributed by atoms with van der Waals surface area (Å²) >= 11 is 6.00. The van der Waals surface area contributed by atoms with E-state index in [4.69, 9.17) is 11.6 Å². The van der Waals surface area contributed by atoms with Crippen LogP contribution >= 0.6 is 11.6 Å². The summed E-state index contributed by atoms with van der Waals surface area (Å²) in [5.41, 5.74) is 2.96. The fraction of sp³-hybridized carbons (Fsp3) is 0. The molecule has 3 aromatic carbocycles. The van der Waals surface area contributed by atoms with Crippen molar-refractivity contribution in [1.29, 1.82) is 5.26 Å². The molecule has 4 aromatic rings. The number of benzene rings is 3. The zero-order valence-corrected chi connectivity index (χ0v) is 17.1. The molecule has 4 rings (SSSR count). The van der Waals surface area contributed by atoms with Crippen LogP contribution in [0, 0.1) is 11.3 Å². The van der Waals surface area contributed by atoms with Crippen molar-refractivity contribution in [2.24, 2.45) is 0 Å². The number of nitrogens with zero attached hydrogens (tertiary/aromatic N) is 3. The first kappa shape index (κ1) is 19.7. The van der Waals surface area contributed by atoms with E-state index in [0.29, 0.717) is 27.5 Å². The van der Waals surface area contributed by atoms with E-state index in [1.165, 1.54) is 16.9 Å². The maximum Gasteiger partial charge on any atom is 0.276 e. The SMILES string of the molecule is N#Cc1cccc(-c2cc(-c3ccc(Cl)cc3)n(NS(=O)(=O)c3ccccc3)n2)c1. The van der Waals surface area contributed by atoms with Gasteiger partial charge in [0.25, 0.3) is 10.0 Å².